The average Bonchev–Trinajstić information content (AvgIpc) is 2.83. The van der Waals surface area contributed by atoms with Crippen molar-refractivity contribution in [3.8, 4) is 0 Å². The summed E-state index contributed by atoms with van der Waals surface area (Å²) in [6, 6.07) is 21.2. The lowest BCUT2D eigenvalue weighted by Crippen LogP contribution is -2.54. The Balaban J connectivity index is 1.88. The smallest absolute Gasteiger partial charge is 0.243 e. The van der Waals surface area contributed by atoms with Gasteiger partial charge < -0.3 is 10.2 Å². The summed E-state index contributed by atoms with van der Waals surface area (Å²) in [5.41, 5.74) is 1.76. The Morgan fingerprint density at radius 1 is 1.00 bits per heavy atom. The summed E-state index contributed by atoms with van der Waals surface area (Å²) < 4.78 is 15.2. The molecule has 196 valence electrons. The van der Waals surface area contributed by atoms with Gasteiger partial charge in [0.2, 0.25) is 11.8 Å². The molecule has 37 heavy (non-hydrogen) atoms. The number of halogens is 3. The van der Waals surface area contributed by atoms with E-state index in [0.29, 0.717) is 17.0 Å². The highest BCUT2D eigenvalue weighted by atomic mass is 79.9. The Morgan fingerprint density at radius 2 is 1.68 bits per heavy atom. The maximum absolute atomic E-state index is 14.2. The number of amides is 2. The van der Waals surface area contributed by atoms with E-state index >= 15 is 0 Å². The highest BCUT2D eigenvalue weighted by Gasteiger charge is 2.32. The molecule has 0 fully saturated rings. The van der Waals surface area contributed by atoms with Gasteiger partial charge in [0.15, 0.2) is 0 Å². The first-order valence-corrected chi connectivity index (χ1v) is 14.3. The Bertz CT molecular complexity index is 1180. The van der Waals surface area contributed by atoms with Crippen molar-refractivity contribution in [3.05, 3.63) is 105 Å². The highest BCUT2D eigenvalue weighted by molar-refractivity contribution is 9.10. The summed E-state index contributed by atoms with van der Waals surface area (Å²) in [5, 5.41) is 3.38. The maximum Gasteiger partial charge on any atom is 0.243 e. The van der Waals surface area contributed by atoms with Crippen LogP contribution in [0.4, 0.5) is 4.39 Å². The molecule has 0 unspecified atom stereocenters. The van der Waals surface area contributed by atoms with Crippen LogP contribution < -0.4 is 5.32 Å². The van der Waals surface area contributed by atoms with Gasteiger partial charge >= 0.3 is 0 Å². The van der Waals surface area contributed by atoms with Crippen LogP contribution >= 0.6 is 39.3 Å². The number of benzene rings is 3. The first-order valence-electron chi connectivity index (χ1n) is 11.9. The van der Waals surface area contributed by atoms with Gasteiger partial charge in [0.25, 0.3) is 0 Å². The lowest BCUT2D eigenvalue weighted by molar-refractivity contribution is -0.140. The van der Waals surface area contributed by atoms with Gasteiger partial charge in [-0.25, -0.2) is 4.39 Å². The summed E-state index contributed by atoms with van der Waals surface area (Å²) >= 11 is 10.9. The van der Waals surface area contributed by atoms with Crippen LogP contribution in [0.3, 0.4) is 0 Å². The number of carbonyl (C=O) groups is 2. The number of rotatable bonds is 10. The summed E-state index contributed by atoms with van der Waals surface area (Å²) in [7, 11) is 0. The molecular weight excluding hydrogens is 575 g/mol. The van der Waals surface area contributed by atoms with E-state index in [9.17, 15) is 14.0 Å². The van der Waals surface area contributed by atoms with Crippen molar-refractivity contribution in [2.24, 2.45) is 0 Å². The van der Waals surface area contributed by atoms with Gasteiger partial charge in [0, 0.05) is 39.3 Å². The number of nitrogens with one attached hydrogen (secondary N) is 1. The van der Waals surface area contributed by atoms with E-state index < -0.39 is 17.4 Å². The Morgan fingerprint density at radius 3 is 2.30 bits per heavy atom. The molecular formula is C29H31BrClFN2O2S. The fourth-order valence-electron chi connectivity index (χ4n) is 3.79. The molecule has 3 aromatic rings. The summed E-state index contributed by atoms with van der Waals surface area (Å²) in [6.45, 7) is 6.01. The second-order valence-electron chi connectivity index (χ2n) is 9.79. The van der Waals surface area contributed by atoms with E-state index in [1.165, 1.54) is 17.8 Å². The molecule has 4 nitrogen and oxygen atoms in total. The highest BCUT2D eigenvalue weighted by Crippen LogP contribution is 2.25. The van der Waals surface area contributed by atoms with E-state index in [2.05, 4.69) is 21.2 Å². The first-order chi connectivity index (χ1) is 17.5. The SMILES string of the molecule is CC(C)(C)NC(=O)[C@H](Cc1ccccc1)N(Cc1ccc(Br)cc1)C(=O)CSCc1c(F)cccc1Cl. The zero-order valence-electron chi connectivity index (χ0n) is 21.1. The monoisotopic (exact) mass is 604 g/mol. The molecule has 1 N–H and O–H groups in total. The largest absolute Gasteiger partial charge is 0.350 e. The van der Waals surface area contributed by atoms with Gasteiger partial charge in [0.1, 0.15) is 11.9 Å². The summed E-state index contributed by atoms with van der Waals surface area (Å²) in [5.74, 6) is -0.490. The minimum Gasteiger partial charge on any atom is -0.350 e. The minimum atomic E-state index is -0.726. The van der Waals surface area contributed by atoms with Crippen molar-refractivity contribution in [3.63, 3.8) is 0 Å². The van der Waals surface area contributed by atoms with Gasteiger partial charge in [-0.2, -0.15) is 0 Å². The number of hydrogen-bond acceptors (Lipinski definition) is 3. The molecule has 3 aromatic carbocycles. The molecule has 0 aliphatic rings. The zero-order chi connectivity index (χ0) is 27.0. The van der Waals surface area contributed by atoms with E-state index in [1.807, 2.05) is 75.4 Å². The number of carbonyl (C=O) groups excluding carboxylic acids is 2. The predicted octanol–water partition coefficient (Wildman–Crippen LogP) is 7.03. The van der Waals surface area contributed by atoms with Gasteiger partial charge in [0.05, 0.1) is 5.75 Å². The van der Waals surface area contributed by atoms with Crippen molar-refractivity contribution in [1.82, 2.24) is 10.2 Å². The molecule has 0 heterocycles. The van der Waals surface area contributed by atoms with Crippen LogP contribution in [0, 0.1) is 5.82 Å². The molecule has 0 spiro atoms. The normalized spacial score (nSPS) is 12.2. The lowest BCUT2D eigenvalue weighted by atomic mass is 10.0. The van der Waals surface area contributed by atoms with E-state index in [0.717, 1.165) is 15.6 Å². The maximum atomic E-state index is 14.2. The van der Waals surface area contributed by atoms with Crippen LogP contribution in [0.5, 0.6) is 0 Å². The molecule has 0 radical (unpaired) electrons. The van der Waals surface area contributed by atoms with Crippen molar-refractivity contribution < 1.29 is 14.0 Å². The summed E-state index contributed by atoms with van der Waals surface area (Å²) in [4.78, 5) is 28.8. The second-order valence-corrected chi connectivity index (χ2v) is 12.1. The van der Waals surface area contributed by atoms with Gasteiger partial charge in [-0.15, -0.1) is 11.8 Å². The van der Waals surface area contributed by atoms with Crippen LogP contribution in [-0.2, 0) is 28.3 Å². The quantitative estimate of drug-likeness (QED) is 0.270. The standard InChI is InChI=1S/C29H31BrClFN2O2S/c1-29(2,3)33-28(36)26(16-20-8-5-4-6-9-20)34(17-21-12-14-22(30)15-13-21)27(35)19-37-18-23-24(31)10-7-11-25(23)32/h4-15,26H,16-19H2,1-3H3,(H,33,36)/t26-/m0/s1. The lowest BCUT2D eigenvalue weighted by Gasteiger charge is -2.34. The predicted molar refractivity (Wildman–Crippen MR) is 154 cm³/mol. The first kappa shape index (κ1) is 29.2. The van der Waals surface area contributed by atoms with Crippen molar-refractivity contribution in [2.45, 2.75) is 51.1 Å². The Kier molecular flexibility index (Phi) is 10.6. The van der Waals surface area contributed by atoms with E-state index in [4.69, 9.17) is 11.6 Å². The number of thioether (sulfide) groups is 1. The van der Waals surface area contributed by atoms with Crippen LogP contribution in [0.25, 0.3) is 0 Å². The van der Waals surface area contributed by atoms with Gasteiger partial charge in [-0.3, -0.25) is 9.59 Å². The van der Waals surface area contributed by atoms with Crippen molar-refractivity contribution in [2.75, 3.05) is 5.75 Å². The molecule has 0 bridgehead atoms. The molecule has 1 atom stereocenters. The molecule has 2 amide bonds. The Labute approximate surface area is 236 Å². The topological polar surface area (TPSA) is 49.4 Å². The fraction of sp³-hybridized carbons (Fsp3) is 0.310. The van der Waals surface area contributed by atoms with Gasteiger partial charge in [-0.05, 0) is 56.2 Å². The van der Waals surface area contributed by atoms with Crippen LogP contribution in [0.15, 0.2) is 77.3 Å². The molecule has 0 aliphatic carbocycles. The molecule has 0 aliphatic heterocycles. The van der Waals surface area contributed by atoms with Crippen molar-refractivity contribution in [1.29, 1.82) is 0 Å². The Hall–Kier alpha value is -2.35. The number of hydrogen-bond donors (Lipinski definition) is 1. The molecule has 3 rings (SSSR count). The molecule has 0 saturated carbocycles. The van der Waals surface area contributed by atoms with Crippen molar-refractivity contribution >= 4 is 51.1 Å². The van der Waals surface area contributed by atoms with E-state index in [1.54, 1.807) is 17.0 Å². The third-order valence-corrected chi connectivity index (χ3v) is 7.40. The summed E-state index contributed by atoms with van der Waals surface area (Å²) in [6.07, 6.45) is 0.370. The van der Waals surface area contributed by atoms with Crippen LogP contribution in [0.1, 0.15) is 37.5 Å². The average molecular weight is 606 g/mol. The second kappa shape index (κ2) is 13.4. The molecule has 0 saturated heterocycles. The third-order valence-electron chi connectivity index (χ3n) is 5.57. The van der Waals surface area contributed by atoms with Gasteiger partial charge in [-0.1, -0.05) is 76.1 Å². The third kappa shape index (κ3) is 9.16. The van der Waals surface area contributed by atoms with Crippen LogP contribution in [-0.4, -0.2) is 34.0 Å². The molecule has 8 heteroatoms. The van der Waals surface area contributed by atoms with Crippen LogP contribution in [0.2, 0.25) is 5.02 Å². The minimum absolute atomic E-state index is 0.0786. The molecule has 0 aromatic heterocycles. The van der Waals surface area contributed by atoms with E-state index in [-0.39, 0.29) is 29.9 Å². The number of nitrogens with zero attached hydrogens (tertiary/aromatic N) is 1. The fourth-order valence-corrected chi connectivity index (χ4v) is 5.30. The zero-order valence-corrected chi connectivity index (χ0v) is 24.3.